The molecule has 2 aromatic carbocycles. The Labute approximate surface area is 127 Å². The van der Waals surface area contributed by atoms with Gasteiger partial charge in [-0.25, -0.2) is 0 Å². The van der Waals surface area contributed by atoms with Crippen LogP contribution in [-0.4, -0.2) is 18.8 Å². The molecule has 0 aromatic heterocycles. The van der Waals surface area contributed by atoms with E-state index in [1.165, 1.54) is 11.8 Å². The summed E-state index contributed by atoms with van der Waals surface area (Å²) < 4.78 is 5.13. The van der Waals surface area contributed by atoms with E-state index in [-0.39, 0.29) is 5.91 Å². The van der Waals surface area contributed by atoms with E-state index in [4.69, 9.17) is 10.00 Å². The van der Waals surface area contributed by atoms with Crippen molar-refractivity contribution in [3.63, 3.8) is 0 Å². The second-order valence-corrected chi connectivity index (χ2v) is 5.15. The Bertz CT molecular complexity index is 680. The minimum Gasteiger partial charge on any atom is -0.497 e. The molecule has 21 heavy (non-hydrogen) atoms. The standard InChI is InChI=1S/C16H14N2O2S/c1-20-13-6-4-5-12(11-13)18-16(19)14-7-2-3-8-15(14)21-10-9-17/h2-8,11H,10H2,1H3,(H,18,19). The Morgan fingerprint density at radius 3 is 2.86 bits per heavy atom. The Morgan fingerprint density at radius 1 is 1.29 bits per heavy atom. The van der Waals surface area contributed by atoms with Crippen molar-refractivity contribution in [2.45, 2.75) is 4.90 Å². The van der Waals surface area contributed by atoms with Gasteiger partial charge in [-0.1, -0.05) is 18.2 Å². The van der Waals surface area contributed by atoms with Crippen LogP contribution in [0, 0.1) is 11.3 Å². The number of anilines is 1. The Hall–Kier alpha value is -2.45. The van der Waals surface area contributed by atoms with E-state index in [0.717, 1.165) is 4.90 Å². The topological polar surface area (TPSA) is 62.1 Å². The molecule has 0 spiro atoms. The maximum absolute atomic E-state index is 12.3. The SMILES string of the molecule is COc1cccc(NC(=O)c2ccccc2SCC#N)c1. The van der Waals surface area contributed by atoms with Crippen molar-refractivity contribution in [2.75, 3.05) is 18.2 Å². The lowest BCUT2D eigenvalue weighted by Crippen LogP contribution is -2.13. The summed E-state index contributed by atoms with van der Waals surface area (Å²) in [6, 6.07) is 16.5. The summed E-state index contributed by atoms with van der Waals surface area (Å²) in [7, 11) is 1.58. The van der Waals surface area contributed by atoms with Crippen LogP contribution >= 0.6 is 11.8 Å². The second kappa shape index (κ2) is 7.36. The monoisotopic (exact) mass is 298 g/mol. The minimum atomic E-state index is -0.204. The van der Waals surface area contributed by atoms with Gasteiger partial charge in [-0.2, -0.15) is 5.26 Å². The molecule has 0 radical (unpaired) electrons. The van der Waals surface area contributed by atoms with E-state index in [1.54, 1.807) is 31.4 Å². The molecule has 0 unspecified atom stereocenters. The third-order valence-corrected chi connectivity index (χ3v) is 3.69. The van der Waals surface area contributed by atoms with Gasteiger partial charge in [0.25, 0.3) is 5.91 Å². The molecule has 5 heteroatoms. The van der Waals surface area contributed by atoms with Crippen LogP contribution in [0.1, 0.15) is 10.4 Å². The number of amides is 1. The van der Waals surface area contributed by atoms with E-state index < -0.39 is 0 Å². The van der Waals surface area contributed by atoms with Crippen LogP contribution in [0.25, 0.3) is 0 Å². The summed E-state index contributed by atoms with van der Waals surface area (Å²) in [4.78, 5) is 13.1. The van der Waals surface area contributed by atoms with Crippen molar-refractivity contribution in [1.82, 2.24) is 0 Å². The molecule has 1 amide bonds. The number of carbonyl (C=O) groups excluding carboxylic acids is 1. The van der Waals surface area contributed by atoms with Crippen molar-refractivity contribution < 1.29 is 9.53 Å². The van der Waals surface area contributed by atoms with Crippen LogP contribution in [0.4, 0.5) is 5.69 Å². The molecule has 0 fully saturated rings. The predicted octanol–water partition coefficient (Wildman–Crippen LogP) is 3.56. The predicted molar refractivity (Wildman–Crippen MR) is 83.7 cm³/mol. The number of thioether (sulfide) groups is 1. The minimum absolute atomic E-state index is 0.204. The fourth-order valence-electron chi connectivity index (χ4n) is 1.79. The normalized spacial score (nSPS) is 9.71. The summed E-state index contributed by atoms with van der Waals surface area (Å²) in [5, 5.41) is 11.5. The lowest BCUT2D eigenvalue weighted by Gasteiger charge is -2.09. The van der Waals surface area contributed by atoms with Gasteiger partial charge in [-0.3, -0.25) is 4.79 Å². The number of carbonyl (C=O) groups is 1. The Kier molecular flexibility index (Phi) is 5.24. The molecule has 1 N–H and O–H groups in total. The number of hydrogen-bond acceptors (Lipinski definition) is 4. The van der Waals surface area contributed by atoms with E-state index in [9.17, 15) is 4.79 Å². The zero-order valence-electron chi connectivity index (χ0n) is 11.5. The van der Waals surface area contributed by atoms with Crippen molar-refractivity contribution in [2.24, 2.45) is 0 Å². The number of benzene rings is 2. The largest absolute Gasteiger partial charge is 0.497 e. The maximum Gasteiger partial charge on any atom is 0.256 e. The van der Waals surface area contributed by atoms with Gasteiger partial charge in [-0.15, -0.1) is 11.8 Å². The lowest BCUT2D eigenvalue weighted by molar-refractivity contribution is 0.102. The lowest BCUT2D eigenvalue weighted by atomic mass is 10.2. The fourth-order valence-corrected chi connectivity index (χ4v) is 2.50. The Balaban J connectivity index is 2.18. The summed E-state index contributed by atoms with van der Waals surface area (Å²) in [6.07, 6.45) is 0. The molecule has 106 valence electrons. The molecular weight excluding hydrogens is 284 g/mol. The quantitative estimate of drug-likeness (QED) is 0.857. The zero-order chi connectivity index (χ0) is 15.1. The molecule has 2 aromatic rings. The number of ether oxygens (including phenoxy) is 1. The molecule has 0 bridgehead atoms. The summed E-state index contributed by atoms with van der Waals surface area (Å²) in [5.74, 6) is 0.785. The second-order valence-electron chi connectivity index (χ2n) is 4.13. The molecule has 0 atom stereocenters. The molecular formula is C16H14N2O2S. The first-order valence-electron chi connectivity index (χ1n) is 6.29. The van der Waals surface area contributed by atoms with Crippen molar-refractivity contribution >= 4 is 23.4 Å². The highest BCUT2D eigenvalue weighted by molar-refractivity contribution is 7.99. The number of nitrogens with one attached hydrogen (secondary N) is 1. The first kappa shape index (κ1) is 14.9. The van der Waals surface area contributed by atoms with Crippen LogP contribution < -0.4 is 10.1 Å². The number of rotatable bonds is 5. The van der Waals surface area contributed by atoms with Gasteiger partial charge in [0.2, 0.25) is 0 Å². The Morgan fingerprint density at radius 2 is 2.10 bits per heavy atom. The van der Waals surface area contributed by atoms with Crippen LogP contribution in [0.15, 0.2) is 53.4 Å². The van der Waals surface area contributed by atoms with E-state index in [2.05, 4.69) is 11.4 Å². The first-order valence-corrected chi connectivity index (χ1v) is 7.27. The molecule has 2 rings (SSSR count). The molecule has 0 saturated heterocycles. The van der Waals surface area contributed by atoms with Crippen molar-refractivity contribution in [3.05, 3.63) is 54.1 Å². The summed E-state index contributed by atoms with van der Waals surface area (Å²) in [6.45, 7) is 0. The van der Waals surface area contributed by atoms with Gasteiger partial charge in [0, 0.05) is 16.6 Å². The van der Waals surface area contributed by atoms with E-state index in [1.807, 2.05) is 24.3 Å². The van der Waals surface area contributed by atoms with Gasteiger partial charge in [0.05, 0.1) is 24.5 Å². The van der Waals surface area contributed by atoms with Gasteiger partial charge < -0.3 is 10.1 Å². The molecule has 0 heterocycles. The zero-order valence-corrected chi connectivity index (χ0v) is 12.3. The molecule has 0 saturated carbocycles. The van der Waals surface area contributed by atoms with Gasteiger partial charge in [0.1, 0.15) is 5.75 Å². The highest BCUT2D eigenvalue weighted by Gasteiger charge is 2.11. The first-order chi connectivity index (χ1) is 10.2. The summed E-state index contributed by atoms with van der Waals surface area (Å²) in [5.41, 5.74) is 1.22. The molecule has 0 aliphatic rings. The number of nitriles is 1. The highest BCUT2D eigenvalue weighted by atomic mass is 32.2. The third kappa shape index (κ3) is 4.01. The fraction of sp³-hybridized carbons (Fsp3) is 0.125. The molecule has 0 aliphatic heterocycles. The molecule has 4 nitrogen and oxygen atoms in total. The van der Waals surface area contributed by atoms with Gasteiger partial charge >= 0.3 is 0 Å². The molecule has 0 aliphatic carbocycles. The van der Waals surface area contributed by atoms with E-state index in [0.29, 0.717) is 22.8 Å². The smallest absolute Gasteiger partial charge is 0.256 e. The van der Waals surface area contributed by atoms with Crippen LogP contribution in [0.5, 0.6) is 5.75 Å². The van der Waals surface area contributed by atoms with Gasteiger partial charge in [0.15, 0.2) is 0 Å². The van der Waals surface area contributed by atoms with Crippen LogP contribution in [0.2, 0.25) is 0 Å². The summed E-state index contributed by atoms with van der Waals surface area (Å²) >= 11 is 1.35. The van der Waals surface area contributed by atoms with Crippen molar-refractivity contribution in [1.29, 1.82) is 5.26 Å². The van der Waals surface area contributed by atoms with Gasteiger partial charge in [-0.05, 0) is 24.3 Å². The number of nitrogens with zero attached hydrogens (tertiary/aromatic N) is 1. The number of methoxy groups -OCH3 is 1. The third-order valence-electron chi connectivity index (χ3n) is 2.75. The maximum atomic E-state index is 12.3. The van der Waals surface area contributed by atoms with Crippen LogP contribution in [-0.2, 0) is 0 Å². The average Bonchev–Trinajstić information content (AvgIpc) is 2.53. The van der Waals surface area contributed by atoms with Crippen molar-refractivity contribution in [3.8, 4) is 11.8 Å². The average molecular weight is 298 g/mol. The van der Waals surface area contributed by atoms with Crippen LogP contribution in [0.3, 0.4) is 0 Å². The highest BCUT2D eigenvalue weighted by Crippen LogP contribution is 2.24. The number of hydrogen-bond donors (Lipinski definition) is 1. The van der Waals surface area contributed by atoms with E-state index >= 15 is 0 Å².